The fraction of sp³-hybridized carbons (Fsp3) is 0.350. The van der Waals surface area contributed by atoms with Gasteiger partial charge < -0.3 is 4.52 Å². The Hall–Kier alpha value is -2.58. The molecule has 0 saturated carbocycles. The number of hydrogen-bond acceptors (Lipinski definition) is 6. The Morgan fingerprint density at radius 2 is 2.07 bits per heavy atom. The largest absolute Gasteiger partial charge is 0.339 e. The third-order valence-electron chi connectivity index (χ3n) is 5.07. The van der Waals surface area contributed by atoms with Crippen molar-refractivity contribution in [1.82, 2.24) is 19.4 Å². The first-order valence-electron chi connectivity index (χ1n) is 9.33. The van der Waals surface area contributed by atoms with Crippen molar-refractivity contribution < 1.29 is 12.9 Å². The van der Waals surface area contributed by atoms with Crippen molar-refractivity contribution in [3.05, 3.63) is 60.2 Å². The quantitative estimate of drug-likeness (QED) is 0.656. The molecule has 146 valence electrons. The third-order valence-corrected chi connectivity index (χ3v) is 6.92. The smallest absolute Gasteiger partial charge is 0.244 e. The molecule has 0 aliphatic carbocycles. The molecule has 1 aliphatic rings. The van der Waals surface area contributed by atoms with Crippen LogP contribution in [0.5, 0.6) is 0 Å². The lowest BCUT2D eigenvalue weighted by molar-refractivity contribution is 0.247. The van der Waals surface area contributed by atoms with E-state index < -0.39 is 10.0 Å². The molecule has 3 heterocycles. The number of hydrogen-bond donors (Lipinski definition) is 0. The van der Waals surface area contributed by atoms with Crippen LogP contribution in [-0.2, 0) is 16.4 Å². The summed E-state index contributed by atoms with van der Waals surface area (Å²) >= 11 is 0. The summed E-state index contributed by atoms with van der Waals surface area (Å²) in [6, 6.07) is 11.1. The minimum atomic E-state index is -3.53. The van der Waals surface area contributed by atoms with Crippen LogP contribution < -0.4 is 0 Å². The number of nitrogens with zero attached hydrogens (tertiary/aromatic N) is 4. The molecule has 0 N–H and O–H groups in total. The molecule has 3 aromatic rings. The molecule has 1 aromatic carbocycles. The van der Waals surface area contributed by atoms with Gasteiger partial charge in [-0.2, -0.15) is 9.29 Å². The summed E-state index contributed by atoms with van der Waals surface area (Å²) in [6.07, 6.45) is 5.27. The van der Waals surface area contributed by atoms with E-state index in [-0.39, 0.29) is 10.8 Å². The summed E-state index contributed by atoms with van der Waals surface area (Å²) in [4.78, 5) is 8.69. The zero-order chi connectivity index (χ0) is 19.6. The van der Waals surface area contributed by atoms with Gasteiger partial charge >= 0.3 is 0 Å². The number of aromatic nitrogens is 3. The van der Waals surface area contributed by atoms with E-state index in [9.17, 15) is 8.42 Å². The predicted molar refractivity (Wildman–Crippen MR) is 104 cm³/mol. The fourth-order valence-electron chi connectivity index (χ4n) is 3.58. The van der Waals surface area contributed by atoms with Crippen molar-refractivity contribution in [1.29, 1.82) is 0 Å². The molecule has 8 heteroatoms. The average molecular weight is 398 g/mol. The van der Waals surface area contributed by atoms with Gasteiger partial charge in [-0.1, -0.05) is 29.4 Å². The SMILES string of the molecule is Cc1ccccc1-c1noc(C[C@H]2CCCN(S(=O)(=O)c3cccnc3)C2)n1. The minimum absolute atomic E-state index is 0.144. The second-order valence-corrected chi connectivity index (χ2v) is 9.03. The molecule has 4 rings (SSSR count). The number of sulfonamides is 1. The first-order valence-corrected chi connectivity index (χ1v) is 10.8. The molecule has 0 unspecified atom stereocenters. The van der Waals surface area contributed by atoms with Gasteiger partial charge in [0.2, 0.25) is 21.7 Å². The summed E-state index contributed by atoms with van der Waals surface area (Å²) in [7, 11) is -3.53. The number of aryl methyl sites for hydroxylation is 1. The normalized spacial score (nSPS) is 18.2. The first-order chi connectivity index (χ1) is 13.5. The molecular weight excluding hydrogens is 376 g/mol. The maximum Gasteiger partial charge on any atom is 0.244 e. The van der Waals surface area contributed by atoms with E-state index in [0.29, 0.717) is 31.2 Å². The molecule has 1 aliphatic heterocycles. The lowest BCUT2D eigenvalue weighted by Gasteiger charge is -2.31. The van der Waals surface area contributed by atoms with E-state index in [2.05, 4.69) is 15.1 Å². The molecule has 0 amide bonds. The Morgan fingerprint density at radius 3 is 2.86 bits per heavy atom. The summed E-state index contributed by atoms with van der Waals surface area (Å²) in [6.45, 7) is 2.97. The van der Waals surface area contributed by atoms with Crippen LogP contribution in [0.25, 0.3) is 11.4 Å². The molecule has 1 saturated heterocycles. The van der Waals surface area contributed by atoms with Gasteiger partial charge in [0.05, 0.1) is 0 Å². The van der Waals surface area contributed by atoms with Crippen LogP contribution in [0.15, 0.2) is 58.2 Å². The molecule has 1 atom stereocenters. The van der Waals surface area contributed by atoms with Crippen LogP contribution in [0.2, 0.25) is 0 Å². The summed E-state index contributed by atoms with van der Waals surface area (Å²) in [5.74, 6) is 1.26. The highest BCUT2D eigenvalue weighted by Crippen LogP contribution is 2.26. The van der Waals surface area contributed by atoms with Crippen LogP contribution >= 0.6 is 0 Å². The monoisotopic (exact) mass is 398 g/mol. The van der Waals surface area contributed by atoms with Crippen LogP contribution in [0, 0.1) is 12.8 Å². The van der Waals surface area contributed by atoms with E-state index in [4.69, 9.17) is 4.52 Å². The molecule has 7 nitrogen and oxygen atoms in total. The molecule has 0 radical (unpaired) electrons. The highest BCUT2D eigenvalue weighted by Gasteiger charge is 2.31. The number of pyridine rings is 1. The number of benzene rings is 1. The minimum Gasteiger partial charge on any atom is -0.339 e. The van der Waals surface area contributed by atoms with Gasteiger partial charge in [-0.15, -0.1) is 0 Å². The van der Waals surface area contributed by atoms with Crippen molar-refractivity contribution in [3.63, 3.8) is 0 Å². The Kier molecular flexibility index (Phi) is 5.23. The highest BCUT2D eigenvalue weighted by atomic mass is 32.2. The van der Waals surface area contributed by atoms with Gasteiger partial charge in [0.1, 0.15) is 4.90 Å². The van der Waals surface area contributed by atoms with Gasteiger partial charge in [-0.3, -0.25) is 4.98 Å². The third kappa shape index (κ3) is 3.83. The maximum atomic E-state index is 12.8. The second-order valence-electron chi connectivity index (χ2n) is 7.09. The zero-order valence-corrected chi connectivity index (χ0v) is 16.5. The van der Waals surface area contributed by atoms with Crippen LogP contribution in [0.3, 0.4) is 0 Å². The van der Waals surface area contributed by atoms with Gasteiger partial charge in [-0.05, 0) is 43.4 Å². The Balaban J connectivity index is 1.47. The average Bonchev–Trinajstić information content (AvgIpc) is 3.17. The molecule has 0 bridgehead atoms. The first kappa shape index (κ1) is 18.8. The standard InChI is InChI=1S/C20H22N4O3S/c1-15-6-2-3-9-18(15)20-22-19(27-23-20)12-16-7-5-11-24(14-16)28(25,26)17-8-4-10-21-13-17/h2-4,6,8-10,13,16H,5,7,11-12,14H2,1H3/t16-/m1/s1. The topological polar surface area (TPSA) is 89.2 Å². The highest BCUT2D eigenvalue weighted by molar-refractivity contribution is 7.89. The van der Waals surface area contributed by atoms with E-state index in [1.54, 1.807) is 18.3 Å². The van der Waals surface area contributed by atoms with Crippen LogP contribution in [0.1, 0.15) is 24.3 Å². The van der Waals surface area contributed by atoms with Crippen molar-refractivity contribution >= 4 is 10.0 Å². The Labute approximate surface area is 164 Å². The van der Waals surface area contributed by atoms with Gasteiger partial charge in [0.15, 0.2) is 0 Å². The number of rotatable bonds is 5. The summed E-state index contributed by atoms with van der Waals surface area (Å²) in [5, 5.41) is 4.10. The van der Waals surface area contributed by atoms with Crippen molar-refractivity contribution in [2.45, 2.75) is 31.1 Å². The zero-order valence-electron chi connectivity index (χ0n) is 15.7. The molecule has 1 fully saturated rings. The lowest BCUT2D eigenvalue weighted by Crippen LogP contribution is -2.40. The van der Waals surface area contributed by atoms with Gasteiger partial charge in [-0.25, -0.2) is 8.42 Å². The lowest BCUT2D eigenvalue weighted by atomic mass is 9.96. The molecule has 28 heavy (non-hydrogen) atoms. The second kappa shape index (κ2) is 7.81. The van der Waals surface area contributed by atoms with E-state index in [1.807, 2.05) is 31.2 Å². The maximum absolute atomic E-state index is 12.8. The van der Waals surface area contributed by atoms with E-state index in [1.165, 1.54) is 10.5 Å². The van der Waals surface area contributed by atoms with E-state index >= 15 is 0 Å². The Bertz CT molecular complexity index is 1050. The molecular formula is C20H22N4O3S. The van der Waals surface area contributed by atoms with Crippen LogP contribution in [-0.4, -0.2) is 40.9 Å². The van der Waals surface area contributed by atoms with Crippen molar-refractivity contribution in [2.75, 3.05) is 13.1 Å². The Morgan fingerprint density at radius 1 is 1.21 bits per heavy atom. The van der Waals surface area contributed by atoms with Crippen LogP contribution in [0.4, 0.5) is 0 Å². The molecule has 0 spiro atoms. The molecule has 2 aromatic heterocycles. The van der Waals surface area contributed by atoms with Crippen molar-refractivity contribution in [3.8, 4) is 11.4 Å². The predicted octanol–water partition coefficient (Wildman–Crippen LogP) is 3.08. The van der Waals surface area contributed by atoms with Gasteiger partial charge in [0.25, 0.3) is 0 Å². The summed E-state index contributed by atoms with van der Waals surface area (Å²) < 4.78 is 32.7. The fourth-order valence-corrected chi connectivity index (χ4v) is 5.10. The summed E-state index contributed by atoms with van der Waals surface area (Å²) in [5.41, 5.74) is 2.03. The van der Waals surface area contributed by atoms with Gasteiger partial charge in [0, 0.05) is 37.5 Å². The van der Waals surface area contributed by atoms with Crippen molar-refractivity contribution in [2.24, 2.45) is 5.92 Å². The number of piperidine rings is 1. The van der Waals surface area contributed by atoms with E-state index in [0.717, 1.165) is 24.0 Å².